The summed E-state index contributed by atoms with van der Waals surface area (Å²) in [6.45, 7) is 5.60. The molecule has 1 aliphatic carbocycles. The summed E-state index contributed by atoms with van der Waals surface area (Å²) in [6, 6.07) is -0.0536. The normalized spacial score (nSPS) is 16.3. The number of rotatable bonds is 7. The largest absolute Gasteiger partial charge is 0.494 e. The lowest BCUT2D eigenvalue weighted by Crippen LogP contribution is -2.39. The predicted molar refractivity (Wildman–Crippen MR) is 125 cm³/mol. The van der Waals surface area contributed by atoms with E-state index in [9.17, 15) is 29.4 Å². The van der Waals surface area contributed by atoms with E-state index in [4.69, 9.17) is 4.74 Å². The molecule has 0 spiro atoms. The third-order valence-electron chi connectivity index (χ3n) is 5.67. The lowest BCUT2D eigenvalue weighted by Gasteiger charge is -2.25. The molecule has 3 heterocycles. The van der Waals surface area contributed by atoms with Crippen LogP contribution in [-0.4, -0.2) is 79.5 Å². The Balaban J connectivity index is 1.88. The summed E-state index contributed by atoms with van der Waals surface area (Å²) in [4.78, 5) is 51.7. The molecule has 2 fully saturated rings. The van der Waals surface area contributed by atoms with Gasteiger partial charge >= 0.3 is 6.09 Å². The third-order valence-corrected chi connectivity index (χ3v) is 5.67. The Morgan fingerprint density at radius 3 is 2.51 bits per heavy atom. The van der Waals surface area contributed by atoms with Gasteiger partial charge in [0.1, 0.15) is 0 Å². The van der Waals surface area contributed by atoms with Crippen LogP contribution >= 0.6 is 0 Å². The number of aromatic nitrogens is 3. The van der Waals surface area contributed by atoms with Crippen LogP contribution in [0.3, 0.4) is 0 Å². The predicted octanol–water partition coefficient (Wildman–Crippen LogP) is 0.712. The van der Waals surface area contributed by atoms with Gasteiger partial charge in [-0.05, 0) is 24.8 Å². The monoisotopic (exact) mass is 488 g/mol. The highest BCUT2D eigenvalue weighted by molar-refractivity contribution is 5.98. The number of anilines is 1. The highest BCUT2D eigenvalue weighted by Gasteiger charge is 2.31. The molecule has 1 aliphatic heterocycles. The summed E-state index contributed by atoms with van der Waals surface area (Å²) < 4.78 is 7.48. The van der Waals surface area contributed by atoms with Crippen LogP contribution in [-0.2, 0) is 16.1 Å². The molecule has 0 bridgehead atoms. The Morgan fingerprint density at radius 2 is 1.91 bits per heavy atom. The second-order valence-electron chi connectivity index (χ2n) is 8.95. The second-order valence-corrected chi connectivity index (χ2v) is 8.95. The van der Waals surface area contributed by atoms with Crippen LogP contribution in [0, 0.1) is 5.92 Å². The van der Waals surface area contributed by atoms with Gasteiger partial charge in [0.2, 0.25) is 11.8 Å². The maximum absolute atomic E-state index is 13.2. The number of carbonyl (C=O) groups is 3. The quantitative estimate of drug-likeness (QED) is 0.413. The topological polar surface area (TPSA) is 168 Å². The molecule has 0 atom stereocenters. The van der Waals surface area contributed by atoms with Crippen LogP contribution in [0.4, 0.5) is 10.6 Å². The summed E-state index contributed by atoms with van der Waals surface area (Å²) in [5, 5.41) is 29.3. The van der Waals surface area contributed by atoms with Crippen molar-refractivity contribution in [2.45, 2.75) is 39.3 Å². The molecule has 4 rings (SSSR count). The van der Waals surface area contributed by atoms with E-state index in [1.165, 1.54) is 16.7 Å². The average Bonchev–Trinajstić information content (AvgIpc) is 3.54. The van der Waals surface area contributed by atoms with Crippen LogP contribution in [0.5, 0.6) is 5.88 Å². The van der Waals surface area contributed by atoms with Gasteiger partial charge in [-0.15, -0.1) is 5.10 Å². The fourth-order valence-corrected chi connectivity index (χ4v) is 3.87. The van der Waals surface area contributed by atoms with Crippen LogP contribution in [0.2, 0.25) is 0 Å². The van der Waals surface area contributed by atoms with Gasteiger partial charge in [-0.25, -0.2) is 4.79 Å². The van der Waals surface area contributed by atoms with Crippen molar-refractivity contribution in [1.82, 2.24) is 24.4 Å². The van der Waals surface area contributed by atoms with Gasteiger partial charge in [0, 0.05) is 31.8 Å². The Labute approximate surface area is 200 Å². The zero-order valence-electron chi connectivity index (χ0n) is 19.5. The van der Waals surface area contributed by atoms with Gasteiger partial charge in [-0.1, -0.05) is 13.8 Å². The molecule has 35 heavy (non-hydrogen) atoms. The molecular weight excluding hydrogens is 460 g/mol. The Hall–Kier alpha value is -3.87. The van der Waals surface area contributed by atoms with Crippen LogP contribution in [0.15, 0.2) is 10.9 Å². The van der Waals surface area contributed by atoms with E-state index < -0.39 is 29.0 Å². The summed E-state index contributed by atoms with van der Waals surface area (Å²) in [7, 11) is 0. The van der Waals surface area contributed by atoms with Crippen molar-refractivity contribution in [3.63, 3.8) is 0 Å². The van der Waals surface area contributed by atoms with E-state index in [1.54, 1.807) is 4.90 Å². The fraction of sp³-hybridized carbons (Fsp3) is 0.500. The molecule has 0 aromatic carbocycles. The van der Waals surface area contributed by atoms with E-state index >= 15 is 0 Å². The molecular formula is C22H28N6O7. The average molecular weight is 489 g/mol. The maximum Gasteiger partial charge on any atom is 0.410 e. The summed E-state index contributed by atoms with van der Waals surface area (Å²) in [5.41, 5.74) is -1.22. The van der Waals surface area contributed by atoms with Crippen molar-refractivity contribution in [2.75, 3.05) is 31.6 Å². The minimum atomic E-state index is -1.43. The van der Waals surface area contributed by atoms with Crippen molar-refractivity contribution >= 4 is 35.4 Å². The van der Waals surface area contributed by atoms with Crippen molar-refractivity contribution in [3.8, 4) is 5.88 Å². The smallest absolute Gasteiger partial charge is 0.410 e. The zero-order chi connectivity index (χ0) is 25.3. The van der Waals surface area contributed by atoms with Crippen molar-refractivity contribution in [2.24, 2.45) is 5.92 Å². The molecule has 2 aromatic rings. The van der Waals surface area contributed by atoms with Gasteiger partial charge < -0.3 is 25.2 Å². The second kappa shape index (κ2) is 9.78. The highest BCUT2D eigenvalue weighted by atomic mass is 16.5. The molecule has 188 valence electrons. The molecule has 13 nitrogen and oxygen atoms in total. The molecule has 0 unspecified atom stereocenters. The fourth-order valence-electron chi connectivity index (χ4n) is 3.87. The third kappa shape index (κ3) is 5.14. The van der Waals surface area contributed by atoms with Crippen LogP contribution in [0.1, 0.15) is 42.6 Å². The molecule has 4 N–H and O–H groups in total. The number of fused-ring (bicyclic) bond motifs is 1. The Morgan fingerprint density at radius 1 is 1.23 bits per heavy atom. The lowest BCUT2D eigenvalue weighted by molar-refractivity contribution is -0.129. The van der Waals surface area contributed by atoms with E-state index in [0.29, 0.717) is 26.3 Å². The van der Waals surface area contributed by atoms with Crippen molar-refractivity contribution in [3.05, 3.63) is 27.6 Å². The van der Waals surface area contributed by atoms with Gasteiger partial charge in [-0.3, -0.25) is 24.3 Å². The number of carbonyl (C=O) groups excluding carboxylic acids is 2. The van der Waals surface area contributed by atoms with E-state index in [0.717, 1.165) is 17.4 Å². The molecule has 2 aliphatic rings. The number of amides is 3. The van der Waals surface area contributed by atoms with Gasteiger partial charge in [-0.2, -0.15) is 4.52 Å². The number of aromatic hydroxyl groups is 1. The first kappa shape index (κ1) is 24.3. The van der Waals surface area contributed by atoms with Gasteiger partial charge in [0.25, 0.3) is 11.5 Å². The molecule has 2 aromatic heterocycles. The van der Waals surface area contributed by atoms with Gasteiger partial charge in [0.05, 0.1) is 18.8 Å². The van der Waals surface area contributed by atoms with Gasteiger partial charge in [0.15, 0.2) is 17.0 Å². The molecule has 1 saturated heterocycles. The lowest BCUT2D eigenvalue weighted by atomic mass is 10.2. The molecule has 3 amide bonds. The van der Waals surface area contributed by atoms with E-state index in [-0.39, 0.29) is 41.4 Å². The van der Waals surface area contributed by atoms with Crippen LogP contribution < -0.4 is 16.2 Å². The Kier molecular flexibility index (Phi) is 6.78. The maximum atomic E-state index is 13.2. The van der Waals surface area contributed by atoms with E-state index in [1.807, 2.05) is 13.8 Å². The van der Waals surface area contributed by atoms with E-state index in [2.05, 4.69) is 15.7 Å². The number of nitrogens with one attached hydrogen (secondary N) is 2. The number of hydrogen-bond acceptors (Lipinski definition) is 7. The van der Waals surface area contributed by atoms with Crippen molar-refractivity contribution < 1.29 is 29.3 Å². The first-order valence-corrected chi connectivity index (χ1v) is 11.4. The first-order valence-electron chi connectivity index (χ1n) is 11.4. The minimum absolute atomic E-state index is 0.0239. The first-order chi connectivity index (χ1) is 16.7. The summed E-state index contributed by atoms with van der Waals surface area (Å²) in [5.74, 6) is -1.83. The SMILES string of the molecule is CC(C)Cn1c(O)c(C(=O)NC2CC2)c(=O)n2nc(NC(=O)O)c(/C=C/C(=O)N3CCOCC3)c12. The number of carboxylic acid groups (broad SMARTS) is 1. The number of nitrogens with zero attached hydrogens (tertiary/aromatic N) is 4. The summed E-state index contributed by atoms with van der Waals surface area (Å²) >= 11 is 0. The van der Waals surface area contributed by atoms with Crippen molar-refractivity contribution in [1.29, 1.82) is 0 Å². The summed E-state index contributed by atoms with van der Waals surface area (Å²) in [6.07, 6.45) is 2.75. The molecule has 0 radical (unpaired) electrons. The number of hydrogen-bond donors (Lipinski definition) is 4. The number of morpholine rings is 1. The highest BCUT2D eigenvalue weighted by Crippen LogP contribution is 2.28. The minimum Gasteiger partial charge on any atom is -0.494 e. The standard InChI is InChI=1S/C22H28N6O7/c1-12(2)11-27-19-14(5-6-15(29)26-7-9-35-10-8-26)17(24-22(33)34)25-28(19)21(32)16(20(27)31)18(30)23-13-3-4-13/h5-6,12-13,31H,3-4,7-11H2,1-2H3,(H,23,30)(H,24,25)(H,33,34)/b6-5+. The molecule has 13 heteroatoms. The van der Waals surface area contributed by atoms with Crippen LogP contribution in [0.25, 0.3) is 11.7 Å². The zero-order valence-corrected chi connectivity index (χ0v) is 19.5. The Bertz CT molecular complexity index is 1250. The number of ether oxygens (including phenoxy) is 1. The molecule has 1 saturated carbocycles.